The van der Waals surface area contributed by atoms with Crippen LogP contribution in [0.3, 0.4) is 0 Å². The molecular weight excluding hydrogens is 331 g/mol. The predicted molar refractivity (Wildman–Crippen MR) is 95.1 cm³/mol. The molecule has 1 unspecified atom stereocenters. The monoisotopic (exact) mass is 354 g/mol. The molecule has 1 aliphatic carbocycles. The van der Waals surface area contributed by atoms with Crippen molar-refractivity contribution in [2.75, 3.05) is 19.6 Å². The van der Waals surface area contributed by atoms with Crippen LogP contribution in [0.2, 0.25) is 10.0 Å². The zero-order valence-electron chi connectivity index (χ0n) is 13.7. The fourth-order valence-corrected chi connectivity index (χ4v) is 4.77. The number of carbonyl (C=O) groups excluding carboxylic acids is 1. The van der Waals surface area contributed by atoms with E-state index in [-0.39, 0.29) is 22.7 Å². The molecule has 1 amide bonds. The maximum absolute atomic E-state index is 12.5. The van der Waals surface area contributed by atoms with Crippen LogP contribution in [0.25, 0.3) is 0 Å². The van der Waals surface area contributed by atoms with Gasteiger partial charge in [0.2, 0.25) is 5.91 Å². The Kier molecular flexibility index (Phi) is 4.65. The molecule has 1 aromatic carbocycles. The van der Waals surface area contributed by atoms with Gasteiger partial charge in [-0.25, -0.2) is 0 Å². The summed E-state index contributed by atoms with van der Waals surface area (Å²) in [5, 5.41) is 7.80. The molecule has 1 aliphatic heterocycles. The van der Waals surface area contributed by atoms with E-state index in [2.05, 4.69) is 24.5 Å². The third-order valence-corrected chi connectivity index (χ3v) is 6.08. The van der Waals surface area contributed by atoms with E-state index in [9.17, 15) is 4.79 Å². The van der Waals surface area contributed by atoms with Crippen molar-refractivity contribution in [3.63, 3.8) is 0 Å². The van der Waals surface area contributed by atoms with E-state index in [1.165, 1.54) is 0 Å². The summed E-state index contributed by atoms with van der Waals surface area (Å²) in [5.74, 6) is 0.366. The highest BCUT2D eigenvalue weighted by atomic mass is 35.5. The van der Waals surface area contributed by atoms with Gasteiger partial charge in [0.1, 0.15) is 0 Å². The van der Waals surface area contributed by atoms with Gasteiger partial charge in [0.25, 0.3) is 0 Å². The fraction of sp³-hybridized carbons (Fsp3) is 0.611. The van der Waals surface area contributed by atoms with E-state index in [1.54, 1.807) is 0 Å². The first-order valence-electron chi connectivity index (χ1n) is 8.29. The Balaban J connectivity index is 1.62. The lowest BCUT2D eigenvalue weighted by atomic mass is 9.84. The van der Waals surface area contributed by atoms with Crippen molar-refractivity contribution in [2.24, 2.45) is 11.3 Å². The Morgan fingerprint density at radius 2 is 1.91 bits per heavy atom. The van der Waals surface area contributed by atoms with E-state index < -0.39 is 0 Å². The van der Waals surface area contributed by atoms with Gasteiger partial charge >= 0.3 is 0 Å². The summed E-state index contributed by atoms with van der Waals surface area (Å²) < 4.78 is 0. The molecule has 1 aromatic rings. The molecule has 0 aromatic heterocycles. The second kappa shape index (κ2) is 6.27. The Morgan fingerprint density at radius 1 is 1.30 bits per heavy atom. The number of piperidine rings is 1. The van der Waals surface area contributed by atoms with Crippen LogP contribution in [-0.2, 0) is 10.2 Å². The van der Waals surface area contributed by atoms with Crippen LogP contribution in [0, 0.1) is 11.3 Å². The van der Waals surface area contributed by atoms with Crippen LogP contribution in [-0.4, -0.2) is 25.5 Å². The third kappa shape index (κ3) is 3.38. The normalized spacial score (nSPS) is 22.9. The lowest BCUT2D eigenvalue weighted by Crippen LogP contribution is -2.39. The lowest BCUT2D eigenvalue weighted by Gasteiger charge is -2.28. The number of benzene rings is 1. The van der Waals surface area contributed by atoms with Crippen molar-refractivity contribution >= 4 is 29.1 Å². The highest BCUT2D eigenvalue weighted by Gasteiger charge is 2.57. The predicted octanol–water partition coefficient (Wildman–Crippen LogP) is 3.78. The van der Waals surface area contributed by atoms with Crippen molar-refractivity contribution < 1.29 is 4.79 Å². The number of halogens is 2. The van der Waals surface area contributed by atoms with E-state index >= 15 is 0 Å². The van der Waals surface area contributed by atoms with E-state index in [0.29, 0.717) is 16.6 Å². The number of carbonyl (C=O) groups is 1. The standard InChI is InChI=1S/C18H24Cl2N2O/c1-17(2,15-13(19)4-3-5-14(15)20)11-22-16(23)12-10-18(12)6-8-21-9-7-18/h3-5,12,21H,6-11H2,1-2H3,(H,22,23). The summed E-state index contributed by atoms with van der Waals surface area (Å²) in [6.07, 6.45) is 3.27. The molecule has 1 heterocycles. The van der Waals surface area contributed by atoms with Crippen molar-refractivity contribution in [2.45, 2.75) is 38.5 Å². The average Bonchev–Trinajstić information content (AvgIpc) is 3.18. The zero-order valence-corrected chi connectivity index (χ0v) is 15.2. The summed E-state index contributed by atoms with van der Waals surface area (Å²) in [7, 11) is 0. The van der Waals surface area contributed by atoms with Gasteiger partial charge in [-0.1, -0.05) is 43.1 Å². The van der Waals surface area contributed by atoms with Crippen LogP contribution in [0.1, 0.15) is 38.7 Å². The minimum Gasteiger partial charge on any atom is -0.355 e. The van der Waals surface area contributed by atoms with E-state index in [0.717, 1.165) is 37.9 Å². The molecule has 126 valence electrons. The highest BCUT2D eigenvalue weighted by molar-refractivity contribution is 6.36. The summed E-state index contributed by atoms with van der Waals surface area (Å²) >= 11 is 12.6. The molecule has 1 saturated carbocycles. The number of nitrogens with one attached hydrogen (secondary N) is 2. The van der Waals surface area contributed by atoms with Gasteiger partial charge in [0, 0.05) is 27.9 Å². The van der Waals surface area contributed by atoms with Crippen molar-refractivity contribution in [1.82, 2.24) is 10.6 Å². The maximum atomic E-state index is 12.5. The summed E-state index contributed by atoms with van der Waals surface area (Å²) in [6.45, 7) is 6.73. The summed E-state index contributed by atoms with van der Waals surface area (Å²) in [4.78, 5) is 12.5. The molecule has 0 bridgehead atoms. The van der Waals surface area contributed by atoms with Crippen LogP contribution >= 0.6 is 23.2 Å². The molecular formula is C18H24Cl2N2O. The molecule has 23 heavy (non-hydrogen) atoms. The van der Waals surface area contributed by atoms with Gasteiger partial charge in [0.05, 0.1) is 0 Å². The molecule has 2 N–H and O–H groups in total. The smallest absolute Gasteiger partial charge is 0.223 e. The van der Waals surface area contributed by atoms with Crippen molar-refractivity contribution in [3.8, 4) is 0 Å². The van der Waals surface area contributed by atoms with Crippen molar-refractivity contribution in [1.29, 1.82) is 0 Å². The highest BCUT2D eigenvalue weighted by Crippen LogP contribution is 2.58. The van der Waals surface area contributed by atoms with Gasteiger partial charge < -0.3 is 10.6 Å². The number of rotatable bonds is 4. The van der Waals surface area contributed by atoms with Crippen molar-refractivity contribution in [3.05, 3.63) is 33.8 Å². The molecule has 3 nitrogen and oxygen atoms in total. The Labute approximate surface area is 148 Å². The topological polar surface area (TPSA) is 41.1 Å². The van der Waals surface area contributed by atoms with Gasteiger partial charge in [-0.15, -0.1) is 0 Å². The zero-order chi connectivity index (χ0) is 16.7. The fourth-order valence-electron chi connectivity index (χ4n) is 3.86. The Hall–Kier alpha value is -0.770. The minimum absolute atomic E-state index is 0.183. The number of hydrogen-bond donors (Lipinski definition) is 2. The molecule has 1 saturated heterocycles. The molecule has 3 rings (SSSR count). The lowest BCUT2D eigenvalue weighted by molar-refractivity contribution is -0.123. The first-order valence-corrected chi connectivity index (χ1v) is 9.04. The van der Waals surface area contributed by atoms with E-state index in [1.807, 2.05) is 18.2 Å². The SMILES string of the molecule is CC(C)(CNC(=O)C1CC12CCNCC2)c1c(Cl)cccc1Cl. The van der Waals surface area contributed by atoms with Gasteiger partial charge in [-0.2, -0.15) is 0 Å². The second-order valence-corrected chi connectivity index (χ2v) is 8.38. The molecule has 1 spiro atoms. The summed E-state index contributed by atoms with van der Waals surface area (Å²) in [6, 6.07) is 5.53. The third-order valence-electron chi connectivity index (χ3n) is 5.45. The number of hydrogen-bond acceptors (Lipinski definition) is 2. The Bertz CT molecular complexity index is 589. The van der Waals surface area contributed by atoms with Gasteiger partial charge in [-0.3, -0.25) is 4.79 Å². The van der Waals surface area contributed by atoms with Crippen LogP contribution in [0.4, 0.5) is 0 Å². The molecule has 2 fully saturated rings. The molecule has 0 radical (unpaired) electrons. The van der Waals surface area contributed by atoms with Gasteiger partial charge in [0.15, 0.2) is 0 Å². The van der Waals surface area contributed by atoms with Crippen LogP contribution in [0.5, 0.6) is 0 Å². The molecule has 1 atom stereocenters. The summed E-state index contributed by atoms with van der Waals surface area (Å²) in [5.41, 5.74) is 0.860. The second-order valence-electron chi connectivity index (χ2n) is 7.57. The average molecular weight is 355 g/mol. The Morgan fingerprint density at radius 3 is 2.52 bits per heavy atom. The largest absolute Gasteiger partial charge is 0.355 e. The van der Waals surface area contributed by atoms with Crippen LogP contribution in [0.15, 0.2) is 18.2 Å². The van der Waals surface area contributed by atoms with Crippen LogP contribution < -0.4 is 10.6 Å². The van der Waals surface area contributed by atoms with E-state index in [4.69, 9.17) is 23.2 Å². The quantitative estimate of drug-likeness (QED) is 0.863. The number of amides is 1. The maximum Gasteiger partial charge on any atom is 0.223 e. The first-order chi connectivity index (χ1) is 10.9. The first kappa shape index (κ1) is 17.1. The molecule has 5 heteroatoms. The van der Waals surface area contributed by atoms with Gasteiger partial charge in [-0.05, 0) is 55.5 Å². The molecule has 2 aliphatic rings. The minimum atomic E-state index is -0.304.